The molecular formula is C21H21N3O4. The van der Waals surface area contributed by atoms with E-state index in [-0.39, 0.29) is 12.5 Å². The van der Waals surface area contributed by atoms with Crippen molar-refractivity contribution in [2.75, 3.05) is 19.0 Å². The average Bonchev–Trinajstić information content (AvgIpc) is 3.11. The van der Waals surface area contributed by atoms with Crippen LogP contribution in [0.4, 0.5) is 5.69 Å². The molecule has 2 aromatic carbocycles. The van der Waals surface area contributed by atoms with Crippen molar-refractivity contribution in [3.8, 4) is 0 Å². The number of fused-ring (bicyclic) bond motifs is 1. The zero-order chi connectivity index (χ0) is 20.3. The first-order chi connectivity index (χ1) is 13.4. The van der Waals surface area contributed by atoms with Gasteiger partial charge in [-0.15, -0.1) is 0 Å². The van der Waals surface area contributed by atoms with Gasteiger partial charge in [-0.05, 0) is 61.4 Å². The number of carbonyl (C=O) groups excluding carboxylic acids is 3. The zero-order valence-corrected chi connectivity index (χ0v) is 15.9. The number of anilines is 1. The Hall–Kier alpha value is -3.61. The summed E-state index contributed by atoms with van der Waals surface area (Å²) in [6.07, 6.45) is 0. The van der Waals surface area contributed by atoms with E-state index in [1.807, 2.05) is 26.0 Å². The Morgan fingerprint density at radius 1 is 1.00 bits per heavy atom. The van der Waals surface area contributed by atoms with Crippen LogP contribution >= 0.6 is 0 Å². The summed E-state index contributed by atoms with van der Waals surface area (Å²) in [4.78, 5) is 38.7. The minimum Gasteiger partial charge on any atom is -0.468 e. The van der Waals surface area contributed by atoms with Crippen LogP contribution in [0.1, 0.15) is 32.0 Å². The van der Waals surface area contributed by atoms with Gasteiger partial charge in [-0.2, -0.15) is 0 Å². The maximum atomic E-state index is 12.5. The highest BCUT2D eigenvalue weighted by molar-refractivity contribution is 6.06. The van der Waals surface area contributed by atoms with Crippen molar-refractivity contribution in [3.05, 3.63) is 64.8 Å². The Labute approximate surface area is 162 Å². The lowest BCUT2D eigenvalue weighted by molar-refractivity contribution is -0.139. The molecule has 0 fully saturated rings. The number of hydrogen-bond acceptors (Lipinski definition) is 4. The molecule has 2 amide bonds. The van der Waals surface area contributed by atoms with E-state index in [1.54, 1.807) is 24.3 Å². The van der Waals surface area contributed by atoms with Crippen LogP contribution in [0.25, 0.3) is 10.9 Å². The van der Waals surface area contributed by atoms with Gasteiger partial charge in [0.05, 0.1) is 7.11 Å². The Bertz CT molecular complexity index is 1050. The number of rotatable bonds is 5. The molecule has 7 heteroatoms. The quantitative estimate of drug-likeness (QED) is 0.593. The molecule has 0 saturated carbocycles. The minimum absolute atomic E-state index is 0.201. The van der Waals surface area contributed by atoms with Crippen LogP contribution in [0.3, 0.4) is 0 Å². The van der Waals surface area contributed by atoms with Gasteiger partial charge in [-0.3, -0.25) is 14.4 Å². The van der Waals surface area contributed by atoms with E-state index in [9.17, 15) is 14.4 Å². The van der Waals surface area contributed by atoms with E-state index in [0.717, 1.165) is 22.0 Å². The molecule has 0 radical (unpaired) electrons. The molecule has 3 N–H and O–H groups in total. The van der Waals surface area contributed by atoms with Gasteiger partial charge in [0.2, 0.25) is 0 Å². The van der Waals surface area contributed by atoms with Crippen LogP contribution in [-0.2, 0) is 9.53 Å². The highest BCUT2D eigenvalue weighted by Crippen LogP contribution is 2.22. The number of aromatic nitrogens is 1. The fraction of sp³-hybridized carbons (Fsp3) is 0.190. The smallest absolute Gasteiger partial charge is 0.325 e. The number of benzene rings is 2. The summed E-state index contributed by atoms with van der Waals surface area (Å²) in [5.41, 5.74) is 4.54. The normalized spacial score (nSPS) is 10.5. The summed E-state index contributed by atoms with van der Waals surface area (Å²) in [6.45, 7) is 3.82. The predicted octanol–water partition coefficient (Wildman–Crippen LogP) is 2.94. The standard InChI is InChI=1S/C21H21N3O4/c1-12-8-13(2)16-10-18(24-17(16)9-12)21(27)23-15-6-4-14(5-7-15)20(26)22-11-19(25)28-3/h4-10,24H,11H2,1-3H3,(H,22,26)(H,23,27). The van der Waals surface area contributed by atoms with Crippen molar-refractivity contribution in [1.29, 1.82) is 0 Å². The lowest BCUT2D eigenvalue weighted by Crippen LogP contribution is -2.30. The summed E-state index contributed by atoms with van der Waals surface area (Å²) >= 11 is 0. The van der Waals surface area contributed by atoms with Crippen molar-refractivity contribution < 1.29 is 19.1 Å². The highest BCUT2D eigenvalue weighted by atomic mass is 16.5. The van der Waals surface area contributed by atoms with Gasteiger partial charge in [-0.1, -0.05) is 6.07 Å². The van der Waals surface area contributed by atoms with Crippen molar-refractivity contribution in [2.45, 2.75) is 13.8 Å². The van der Waals surface area contributed by atoms with E-state index in [1.165, 1.54) is 7.11 Å². The van der Waals surface area contributed by atoms with E-state index in [4.69, 9.17) is 0 Å². The number of ether oxygens (including phenoxy) is 1. The van der Waals surface area contributed by atoms with Gasteiger partial charge >= 0.3 is 5.97 Å². The fourth-order valence-corrected chi connectivity index (χ4v) is 2.95. The topological polar surface area (TPSA) is 100 Å². The first kappa shape index (κ1) is 19.2. The van der Waals surface area contributed by atoms with Gasteiger partial charge in [-0.25, -0.2) is 0 Å². The van der Waals surface area contributed by atoms with Crippen LogP contribution in [0.5, 0.6) is 0 Å². The zero-order valence-electron chi connectivity index (χ0n) is 15.9. The molecule has 0 saturated heterocycles. The van der Waals surface area contributed by atoms with E-state index < -0.39 is 11.9 Å². The van der Waals surface area contributed by atoms with Crippen molar-refractivity contribution in [3.63, 3.8) is 0 Å². The molecule has 28 heavy (non-hydrogen) atoms. The second kappa shape index (κ2) is 7.96. The van der Waals surface area contributed by atoms with Gasteiger partial charge < -0.3 is 20.4 Å². The number of esters is 1. The number of nitrogens with one attached hydrogen (secondary N) is 3. The summed E-state index contributed by atoms with van der Waals surface area (Å²) < 4.78 is 4.47. The molecular weight excluding hydrogens is 358 g/mol. The predicted molar refractivity (Wildman–Crippen MR) is 107 cm³/mol. The number of carbonyl (C=O) groups is 3. The molecule has 0 spiro atoms. The summed E-state index contributed by atoms with van der Waals surface area (Å²) in [6, 6.07) is 12.3. The number of H-pyrrole nitrogens is 1. The molecule has 3 rings (SSSR count). The molecule has 0 aliphatic rings. The molecule has 7 nitrogen and oxygen atoms in total. The molecule has 0 unspecified atom stereocenters. The third-order valence-electron chi connectivity index (χ3n) is 4.36. The Morgan fingerprint density at radius 3 is 2.39 bits per heavy atom. The maximum Gasteiger partial charge on any atom is 0.325 e. The first-order valence-electron chi connectivity index (χ1n) is 8.74. The second-order valence-corrected chi connectivity index (χ2v) is 6.52. The molecule has 0 bridgehead atoms. The number of aryl methyl sites for hydroxylation is 2. The highest BCUT2D eigenvalue weighted by Gasteiger charge is 2.12. The van der Waals surface area contributed by atoms with Crippen LogP contribution in [-0.4, -0.2) is 36.4 Å². The van der Waals surface area contributed by atoms with Gasteiger partial charge in [0.15, 0.2) is 0 Å². The van der Waals surface area contributed by atoms with Crippen molar-refractivity contribution >= 4 is 34.4 Å². The Kier molecular flexibility index (Phi) is 5.44. The van der Waals surface area contributed by atoms with E-state index >= 15 is 0 Å². The van der Waals surface area contributed by atoms with Crippen LogP contribution < -0.4 is 10.6 Å². The minimum atomic E-state index is -0.527. The average molecular weight is 379 g/mol. The Balaban J connectivity index is 1.68. The van der Waals surface area contributed by atoms with E-state index in [2.05, 4.69) is 26.4 Å². The molecule has 0 atom stereocenters. The Morgan fingerprint density at radius 2 is 1.71 bits per heavy atom. The van der Waals surface area contributed by atoms with Gasteiger partial charge in [0, 0.05) is 22.2 Å². The summed E-state index contributed by atoms with van der Waals surface area (Å²) in [5, 5.41) is 6.27. The molecule has 1 aromatic heterocycles. The van der Waals surface area contributed by atoms with Crippen molar-refractivity contribution in [1.82, 2.24) is 10.3 Å². The third-order valence-corrected chi connectivity index (χ3v) is 4.36. The summed E-state index contributed by atoms with van der Waals surface area (Å²) in [5.74, 6) is -1.19. The molecule has 1 heterocycles. The van der Waals surface area contributed by atoms with Gasteiger partial charge in [0.1, 0.15) is 12.2 Å². The lowest BCUT2D eigenvalue weighted by Gasteiger charge is -2.06. The van der Waals surface area contributed by atoms with E-state index in [0.29, 0.717) is 16.9 Å². The molecule has 144 valence electrons. The lowest BCUT2D eigenvalue weighted by atomic mass is 10.1. The van der Waals surface area contributed by atoms with Crippen LogP contribution in [0, 0.1) is 13.8 Å². The third kappa shape index (κ3) is 4.20. The van der Waals surface area contributed by atoms with Crippen LogP contribution in [0.2, 0.25) is 0 Å². The molecule has 0 aliphatic heterocycles. The van der Waals surface area contributed by atoms with Crippen LogP contribution in [0.15, 0.2) is 42.5 Å². The maximum absolute atomic E-state index is 12.5. The number of amides is 2. The number of methoxy groups -OCH3 is 1. The first-order valence-corrected chi connectivity index (χ1v) is 8.74. The monoisotopic (exact) mass is 379 g/mol. The van der Waals surface area contributed by atoms with Crippen molar-refractivity contribution in [2.24, 2.45) is 0 Å². The second-order valence-electron chi connectivity index (χ2n) is 6.52. The SMILES string of the molecule is COC(=O)CNC(=O)c1ccc(NC(=O)c2cc3c(C)cc(C)cc3[nH]2)cc1. The number of hydrogen-bond donors (Lipinski definition) is 3. The van der Waals surface area contributed by atoms with Gasteiger partial charge in [0.25, 0.3) is 11.8 Å². The molecule has 0 aliphatic carbocycles. The molecule has 3 aromatic rings. The number of aromatic amines is 1. The largest absolute Gasteiger partial charge is 0.468 e. The summed E-state index contributed by atoms with van der Waals surface area (Å²) in [7, 11) is 1.25. The fourth-order valence-electron chi connectivity index (χ4n) is 2.95.